The Kier molecular flexibility index (Phi) is 5.17. The van der Waals surface area contributed by atoms with Gasteiger partial charge in [-0.3, -0.25) is 4.79 Å². The molecule has 1 amide bonds. The summed E-state index contributed by atoms with van der Waals surface area (Å²) in [6.07, 6.45) is -0.494. The molecule has 1 aliphatic rings. The number of benzene rings is 1. The van der Waals surface area contributed by atoms with Gasteiger partial charge in [-0.1, -0.05) is 30.2 Å². The molecule has 0 heterocycles. The Morgan fingerprint density at radius 1 is 1.43 bits per heavy atom. The Labute approximate surface area is 127 Å². The first kappa shape index (κ1) is 16.2. The lowest BCUT2D eigenvalue weighted by molar-refractivity contribution is -0.143. The highest BCUT2D eigenvalue weighted by atomic mass is 35.5. The largest absolute Gasteiger partial charge is 0.395 e. The first-order valence-corrected chi connectivity index (χ1v) is 7.32. The predicted molar refractivity (Wildman–Crippen MR) is 76.7 cm³/mol. The SMILES string of the molecule is O=C(N(CCO)CC(F)F)C1(c2cccc(Cl)c2)CCC1. The van der Waals surface area contributed by atoms with Gasteiger partial charge in [-0.05, 0) is 30.5 Å². The first-order valence-electron chi connectivity index (χ1n) is 6.94. The Morgan fingerprint density at radius 2 is 2.14 bits per heavy atom. The molecule has 6 heteroatoms. The van der Waals surface area contributed by atoms with Crippen molar-refractivity contribution in [3.05, 3.63) is 34.9 Å². The molecule has 1 N–H and O–H groups in total. The smallest absolute Gasteiger partial charge is 0.255 e. The Morgan fingerprint density at radius 3 is 2.62 bits per heavy atom. The summed E-state index contributed by atoms with van der Waals surface area (Å²) in [5.41, 5.74) is -0.00180. The standard InChI is InChI=1S/C15H18ClF2NO2/c16-12-4-1-3-11(9-12)15(5-2-6-15)14(21)19(7-8-20)10-13(17)18/h1,3-4,9,13,20H,2,5-8,10H2. The first-order chi connectivity index (χ1) is 9.99. The van der Waals surface area contributed by atoms with E-state index in [9.17, 15) is 13.6 Å². The fourth-order valence-electron chi connectivity index (χ4n) is 2.81. The van der Waals surface area contributed by atoms with E-state index in [-0.39, 0.29) is 19.1 Å². The fraction of sp³-hybridized carbons (Fsp3) is 0.533. The molecule has 0 atom stereocenters. The molecule has 1 aliphatic carbocycles. The van der Waals surface area contributed by atoms with Crippen LogP contribution >= 0.6 is 11.6 Å². The van der Waals surface area contributed by atoms with Crippen molar-refractivity contribution in [3.63, 3.8) is 0 Å². The van der Waals surface area contributed by atoms with Crippen LogP contribution in [0.25, 0.3) is 0 Å². The molecule has 1 aromatic rings. The molecule has 21 heavy (non-hydrogen) atoms. The molecule has 3 nitrogen and oxygen atoms in total. The number of hydrogen-bond donors (Lipinski definition) is 1. The third-order valence-electron chi connectivity index (χ3n) is 4.01. The van der Waals surface area contributed by atoms with Crippen LogP contribution in [0.4, 0.5) is 8.78 Å². The highest BCUT2D eigenvalue weighted by Gasteiger charge is 2.47. The number of amides is 1. The molecule has 1 aromatic carbocycles. The quantitative estimate of drug-likeness (QED) is 0.876. The number of alkyl halides is 2. The average molecular weight is 318 g/mol. The van der Waals surface area contributed by atoms with Crippen LogP contribution in [0.15, 0.2) is 24.3 Å². The zero-order valence-corrected chi connectivity index (χ0v) is 12.3. The molecular weight excluding hydrogens is 300 g/mol. The monoisotopic (exact) mass is 317 g/mol. The maximum absolute atomic E-state index is 12.7. The summed E-state index contributed by atoms with van der Waals surface area (Å²) in [6, 6.07) is 7.00. The van der Waals surface area contributed by atoms with Gasteiger partial charge in [0.15, 0.2) is 0 Å². The van der Waals surface area contributed by atoms with Gasteiger partial charge in [-0.15, -0.1) is 0 Å². The molecule has 0 unspecified atom stereocenters. The third kappa shape index (κ3) is 3.35. The molecule has 116 valence electrons. The van der Waals surface area contributed by atoms with Crippen molar-refractivity contribution in [2.24, 2.45) is 0 Å². The van der Waals surface area contributed by atoms with Gasteiger partial charge < -0.3 is 10.0 Å². The van der Waals surface area contributed by atoms with Crippen LogP contribution in [-0.4, -0.2) is 42.0 Å². The van der Waals surface area contributed by atoms with Crippen LogP contribution in [0.3, 0.4) is 0 Å². The molecule has 0 spiro atoms. The van der Waals surface area contributed by atoms with E-state index in [2.05, 4.69) is 0 Å². The normalized spacial score (nSPS) is 16.6. The van der Waals surface area contributed by atoms with Crippen molar-refractivity contribution in [2.45, 2.75) is 31.1 Å². The number of rotatable bonds is 6. The molecule has 0 aliphatic heterocycles. The van der Waals surface area contributed by atoms with Gasteiger partial charge in [0.25, 0.3) is 6.43 Å². The summed E-state index contributed by atoms with van der Waals surface area (Å²) >= 11 is 5.98. The second kappa shape index (κ2) is 6.71. The second-order valence-electron chi connectivity index (χ2n) is 5.31. The van der Waals surface area contributed by atoms with Gasteiger partial charge in [0, 0.05) is 11.6 Å². The van der Waals surface area contributed by atoms with Gasteiger partial charge in [0.2, 0.25) is 5.91 Å². The molecule has 1 fully saturated rings. The minimum atomic E-state index is -2.61. The summed E-state index contributed by atoms with van der Waals surface area (Å²) in [4.78, 5) is 13.8. The summed E-state index contributed by atoms with van der Waals surface area (Å²) in [6.45, 7) is -1.06. The zero-order valence-electron chi connectivity index (χ0n) is 11.6. The van der Waals surface area contributed by atoms with Gasteiger partial charge >= 0.3 is 0 Å². The molecule has 1 saturated carbocycles. The van der Waals surface area contributed by atoms with E-state index < -0.39 is 18.4 Å². The summed E-state index contributed by atoms with van der Waals surface area (Å²) in [5.74, 6) is -0.342. The Hall–Kier alpha value is -1.20. The van der Waals surface area contributed by atoms with Crippen molar-refractivity contribution >= 4 is 17.5 Å². The van der Waals surface area contributed by atoms with Crippen molar-refractivity contribution in [3.8, 4) is 0 Å². The minimum absolute atomic E-state index is 0.0779. The van der Waals surface area contributed by atoms with Crippen LogP contribution in [0.2, 0.25) is 5.02 Å². The molecule has 0 saturated heterocycles. The van der Waals surface area contributed by atoms with Crippen molar-refractivity contribution in [1.82, 2.24) is 4.90 Å². The lowest BCUT2D eigenvalue weighted by Crippen LogP contribution is -2.52. The van der Waals surface area contributed by atoms with Gasteiger partial charge in [-0.2, -0.15) is 0 Å². The van der Waals surface area contributed by atoms with Gasteiger partial charge in [0.1, 0.15) is 0 Å². The predicted octanol–water partition coefficient (Wildman–Crippen LogP) is 2.85. The lowest BCUT2D eigenvalue weighted by atomic mass is 9.63. The minimum Gasteiger partial charge on any atom is -0.395 e. The molecule has 0 radical (unpaired) electrons. The number of hydrogen-bond acceptors (Lipinski definition) is 2. The molecule has 2 rings (SSSR count). The van der Waals surface area contributed by atoms with E-state index in [1.807, 2.05) is 6.07 Å². The maximum atomic E-state index is 12.7. The van der Waals surface area contributed by atoms with Gasteiger partial charge in [0.05, 0.1) is 18.6 Å². The third-order valence-corrected chi connectivity index (χ3v) is 4.24. The van der Waals surface area contributed by atoms with E-state index in [1.54, 1.807) is 18.2 Å². The van der Waals surface area contributed by atoms with Crippen molar-refractivity contribution in [1.29, 1.82) is 0 Å². The molecule has 0 aromatic heterocycles. The summed E-state index contributed by atoms with van der Waals surface area (Å²) < 4.78 is 25.3. The highest BCUT2D eigenvalue weighted by molar-refractivity contribution is 6.30. The number of aliphatic hydroxyl groups is 1. The maximum Gasteiger partial charge on any atom is 0.255 e. The number of halogens is 3. The Bertz CT molecular complexity index is 506. The fourth-order valence-corrected chi connectivity index (χ4v) is 3.00. The lowest BCUT2D eigenvalue weighted by Gasteiger charge is -2.44. The van der Waals surface area contributed by atoms with E-state index in [0.717, 1.165) is 16.9 Å². The van der Waals surface area contributed by atoms with Crippen LogP contribution < -0.4 is 0 Å². The number of nitrogens with zero attached hydrogens (tertiary/aromatic N) is 1. The summed E-state index contributed by atoms with van der Waals surface area (Å²) in [5, 5.41) is 9.53. The highest BCUT2D eigenvalue weighted by Crippen LogP contribution is 2.45. The summed E-state index contributed by atoms with van der Waals surface area (Å²) in [7, 11) is 0. The van der Waals surface area contributed by atoms with Gasteiger partial charge in [-0.25, -0.2) is 8.78 Å². The van der Waals surface area contributed by atoms with E-state index in [0.29, 0.717) is 17.9 Å². The average Bonchev–Trinajstić information content (AvgIpc) is 2.36. The van der Waals surface area contributed by atoms with Crippen LogP contribution in [0.1, 0.15) is 24.8 Å². The zero-order chi connectivity index (χ0) is 15.5. The van der Waals surface area contributed by atoms with Crippen molar-refractivity contribution < 1.29 is 18.7 Å². The number of carbonyl (C=O) groups excluding carboxylic acids is 1. The topological polar surface area (TPSA) is 40.5 Å². The Balaban J connectivity index is 2.28. The van der Waals surface area contributed by atoms with Crippen LogP contribution in [0.5, 0.6) is 0 Å². The second-order valence-corrected chi connectivity index (χ2v) is 5.75. The molecule has 0 bridgehead atoms. The van der Waals surface area contributed by atoms with E-state index >= 15 is 0 Å². The van der Waals surface area contributed by atoms with Crippen LogP contribution in [-0.2, 0) is 10.2 Å². The van der Waals surface area contributed by atoms with Crippen LogP contribution in [0, 0.1) is 0 Å². The van der Waals surface area contributed by atoms with E-state index in [1.165, 1.54) is 0 Å². The van der Waals surface area contributed by atoms with E-state index in [4.69, 9.17) is 16.7 Å². The van der Waals surface area contributed by atoms with Crippen molar-refractivity contribution in [2.75, 3.05) is 19.7 Å². The number of aliphatic hydroxyl groups excluding tert-OH is 1. The number of carbonyl (C=O) groups is 1. The molecular formula is C15H18ClF2NO2.